The van der Waals surface area contributed by atoms with E-state index >= 15 is 0 Å². The first kappa shape index (κ1) is 27.1. The summed E-state index contributed by atoms with van der Waals surface area (Å²) in [5.74, 6) is 1.94. The molecule has 0 amide bonds. The predicted molar refractivity (Wildman–Crippen MR) is 142 cm³/mol. The number of hydrogen-bond acceptors (Lipinski definition) is 5. The number of likely N-dealkylation sites (N-methyl/N-ethyl adjacent to an activating group) is 1. The van der Waals surface area contributed by atoms with Gasteiger partial charge in [0, 0.05) is 38.8 Å². The maximum Gasteiger partial charge on any atom is 0.194 e. The molecule has 2 aliphatic rings. The van der Waals surface area contributed by atoms with Gasteiger partial charge >= 0.3 is 0 Å². The maximum atomic E-state index is 5.53. The number of rotatable bonds is 9. The zero-order valence-corrected chi connectivity index (χ0v) is 22.6. The summed E-state index contributed by atoms with van der Waals surface area (Å²) >= 11 is 0. The number of hydrogen-bond donors (Lipinski definition) is 1. The molecule has 0 spiro atoms. The van der Waals surface area contributed by atoms with E-state index in [4.69, 9.17) is 14.5 Å². The van der Waals surface area contributed by atoms with Crippen LogP contribution < -0.4 is 10.1 Å². The van der Waals surface area contributed by atoms with Crippen molar-refractivity contribution < 1.29 is 9.47 Å². The molecule has 3 rings (SSSR count). The molecule has 0 aliphatic carbocycles. The van der Waals surface area contributed by atoms with Gasteiger partial charge in [0.05, 0.1) is 32.9 Å². The number of aliphatic imine (C=N–C) groups is 1. The van der Waals surface area contributed by atoms with Crippen molar-refractivity contribution >= 4 is 29.9 Å². The molecule has 1 aromatic rings. The number of benzene rings is 1. The predicted octanol–water partition coefficient (Wildman–Crippen LogP) is 3.07. The molecule has 0 bridgehead atoms. The van der Waals surface area contributed by atoms with Crippen LogP contribution >= 0.6 is 24.0 Å². The molecule has 0 aromatic heterocycles. The fraction of sp³-hybridized carbons (Fsp3) is 0.708. The lowest BCUT2D eigenvalue weighted by atomic mass is 10.0. The number of guanidine groups is 1. The van der Waals surface area contributed by atoms with Crippen molar-refractivity contribution in [3.63, 3.8) is 0 Å². The zero-order valence-electron chi connectivity index (χ0n) is 20.3. The van der Waals surface area contributed by atoms with Crippen LogP contribution in [0.1, 0.15) is 38.8 Å². The van der Waals surface area contributed by atoms with Gasteiger partial charge in [0.2, 0.25) is 0 Å². The number of ether oxygens (including phenoxy) is 2. The number of likely N-dealkylation sites (tertiary alicyclic amines) is 1. The molecular weight excluding hydrogens is 517 g/mol. The van der Waals surface area contributed by atoms with E-state index in [9.17, 15) is 0 Å². The minimum atomic E-state index is 0. The summed E-state index contributed by atoms with van der Waals surface area (Å²) in [7, 11) is 1.73. The van der Waals surface area contributed by atoms with Gasteiger partial charge in [0.15, 0.2) is 5.96 Å². The van der Waals surface area contributed by atoms with Gasteiger partial charge < -0.3 is 19.7 Å². The molecule has 0 radical (unpaired) electrons. The highest BCUT2D eigenvalue weighted by molar-refractivity contribution is 14.0. The largest absolute Gasteiger partial charge is 0.497 e. The molecule has 1 N–H and O–H groups in total. The third-order valence-corrected chi connectivity index (χ3v) is 6.51. The average Bonchev–Trinajstić information content (AvgIpc) is 3.32. The molecule has 0 saturated carbocycles. The maximum absolute atomic E-state index is 5.53. The van der Waals surface area contributed by atoms with E-state index in [2.05, 4.69) is 59.0 Å². The first-order chi connectivity index (χ1) is 15.2. The molecule has 7 nitrogen and oxygen atoms in total. The Labute approximate surface area is 211 Å². The molecule has 2 aliphatic heterocycles. The van der Waals surface area contributed by atoms with Gasteiger partial charge in [-0.2, -0.15) is 0 Å². The standard InChI is InChI=1S/C24H41N5O2.HI/c1-5-25-24(29-12-11-21(19-29)28-13-15-31-16-14-28)26-18-23(27(6-2)7-3)20-9-8-10-22(17-20)30-4;/h8-10,17,21,23H,5-7,11-16,18-19H2,1-4H3,(H,25,26);1H. The Morgan fingerprint density at radius 3 is 2.62 bits per heavy atom. The molecule has 2 unspecified atom stereocenters. The smallest absolute Gasteiger partial charge is 0.194 e. The van der Waals surface area contributed by atoms with Crippen LogP contribution in [0.15, 0.2) is 29.3 Å². The van der Waals surface area contributed by atoms with Gasteiger partial charge in [0.25, 0.3) is 0 Å². The molecule has 1 aromatic carbocycles. The Kier molecular flexibility index (Phi) is 12.1. The lowest BCUT2D eigenvalue weighted by molar-refractivity contribution is 0.0195. The summed E-state index contributed by atoms with van der Waals surface area (Å²) in [4.78, 5) is 12.6. The molecule has 8 heteroatoms. The molecular formula is C24H42IN5O2. The van der Waals surface area contributed by atoms with Crippen LogP contribution in [0.2, 0.25) is 0 Å². The molecule has 2 heterocycles. The van der Waals surface area contributed by atoms with Crippen molar-refractivity contribution in [2.75, 3.05) is 72.7 Å². The highest BCUT2D eigenvalue weighted by atomic mass is 127. The van der Waals surface area contributed by atoms with Crippen molar-refractivity contribution in [1.29, 1.82) is 0 Å². The first-order valence-corrected chi connectivity index (χ1v) is 11.9. The number of nitrogens with zero attached hydrogens (tertiary/aromatic N) is 4. The Morgan fingerprint density at radius 2 is 1.97 bits per heavy atom. The van der Waals surface area contributed by atoms with Gasteiger partial charge in [-0.15, -0.1) is 24.0 Å². The zero-order chi connectivity index (χ0) is 22.1. The summed E-state index contributed by atoms with van der Waals surface area (Å²) < 4.78 is 11.0. The van der Waals surface area contributed by atoms with Crippen molar-refractivity contribution in [3.05, 3.63) is 29.8 Å². The fourth-order valence-corrected chi connectivity index (χ4v) is 4.72. The van der Waals surface area contributed by atoms with Crippen LogP contribution in [0.4, 0.5) is 0 Å². The number of nitrogens with one attached hydrogen (secondary N) is 1. The fourth-order valence-electron chi connectivity index (χ4n) is 4.72. The molecule has 2 fully saturated rings. The van der Waals surface area contributed by atoms with Crippen molar-refractivity contribution in [1.82, 2.24) is 20.0 Å². The van der Waals surface area contributed by atoms with E-state index in [-0.39, 0.29) is 30.0 Å². The lowest BCUT2D eigenvalue weighted by Gasteiger charge is -2.32. The van der Waals surface area contributed by atoms with Gasteiger partial charge in [-0.25, -0.2) is 0 Å². The Morgan fingerprint density at radius 1 is 1.22 bits per heavy atom. The highest BCUT2D eigenvalue weighted by Crippen LogP contribution is 2.25. The summed E-state index contributed by atoms with van der Waals surface area (Å²) in [5.41, 5.74) is 1.26. The van der Waals surface area contributed by atoms with E-state index in [1.807, 2.05) is 6.07 Å². The van der Waals surface area contributed by atoms with Crippen LogP contribution in [0.25, 0.3) is 0 Å². The summed E-state index contributed by atoms with van der Waals surface area (Å²) in [6.45, 7) is 16.1. The molecule has 182 valence electrons. The Bertz CT molecular complexity index is 695. The topological polar surface area (TPSA) is 52.6 Å². The van der Waals surface area contributed by atoms with E-state index in [0.717, 1.165) is 77.3 Å². The summed E-state index contributed by atoms with van der Waals surface area (Å²) in [6.07, 6.45) is 1.19. The molecule has 2 atom stereocenters. The van der Waals surface area contributed by atoms with Gasteiger partial charge in [-0.05, 0) is 44.1 Å². The van der Waals surface area contributed by atoms with Gasteiger partial charge in [-0.1, -0.05) is 26.0 Å². The second-order valence-corrected chi connectivity index (χ2v) is 8.25. The monoisotopic (exact) mass is 559 g/mol. The minimum Gasteiger partial charge on any atom is -0.497 e. The number of halogens is 1. The summed E-state index contributed by atoms with van der Waals surface area (Å²) in [6, 6.07) is 9.26. The van der Waals surface area contributed by atoms with Crippen molar-refractivity contribution in [3.8, 4) is 5.75 Å². The summed E-state index contributed by atoms with van der Waals surface area (Å²) in [5, 5.41) is 3.54. The van der Waals surface area contributed by atoms with Crippen LogP contribution in [-0.4, -0.2) is 99.4 Å². The van der Waals surface area contributed by atoms with Crippen LogP contribution in [0, 0.1) is 0 Å². The van der Waals surface area contributed by atoms with E-state index < -0.39 is 0 Å². The van der Waals surface area contributed by atoms with Crippen molar-refractivity contribution in [2.24, 2.45) is 4.99 Å². The average molecular weight is 560 g/mol. The third kappa shape index (κ3) is 7.20. The first-order valence-electron chi connectivity index (χ1n) is 11.9. The minimum absolute atomic E-state index is 0. The number of morpholine rings is 1. The van der Waals surface area contributed by atoms with Crippen molar-refractivity contribution in [2.45, 2.75) is 39.3 Å². The third-order valence-electron chi connectivity index (χ3n) is 6.51. The lowest BCUT2D eigenvalue weighted by Crippen LogP contribution is -2.47. The van der Waals surface area contributed by atoms with E-state index in [1.54, 1.807) is 7.11 Å². The Balaban J connectivity index is 0.00000363. The van der Waals surface area contributed by atoms with Gasteiger partial charge in [0.1, 0.15) is 5.75 Å². The molecule has 32 heavy (non-hydrogen) atoms. The molecule has 2 saturated heterocycles. The van der Waals surface area contributed by atoms with Crippen LogP contribution in [0.3, 0.4) is 0 Å². The van der Waals surface area contributed by atoms with Gasteiger partial charge in [-0.3, -0.25) is 14.8 Å². The van der Waals surface area contributed by atoms with E-state index in [0.29, 0.717) is 6.04 Å². The Hall–Kier alpha value is -1.10. The second-order valence-electron chi connectivity index (χ2n) is 8.25. The normalized spacial score (nSPS) is 20.8. The van der Waals surface area contributed by atoms with E-state index in [1.165, 1.54) is 12.0 Å². The SMILES string of the molecule is CCNC(=NCC(c1cccc(OC)c1)N(CC)CC)N1CCC(N2CCOCC2)C1.I. The van der Waals surface area contributed by atoms with Crippen LogP contribution in [-0.2, 0) is 4.74 Å². The quantitative estimate of drug-likeness (QED) is 0.285. The highest BCUT2D eigenvalue weighted by Gasteiger charge is 2.30. The second kappa shape index (κ2) is 14.2. The number of methoxy groups -OCH3 is 1. The van der Waals surface area contributed by atoms with Crippen LogP contribution in [0.5, 0.6) is 5.75 Å².